The Labute approximate surface area is 151 Å². The molecular formula is C20H23N3O3. The molecule has 1 unspecified atom stereocenters. The van der Waals surface area contributed by atoms with Crippen LogP contribution in [0.15, 0.2) is 30.3 Å². The number of fused-ring (bicyclic) bond motifs is 3. The maximum atomic E-state index is 12.2. The Balaban J connectivity index is 1.90. The second-order valence-electron chi connectivity index (χ2n) is 6.65. The average molecular weight is 353 g/mol. The topological polar surface area (TPSA) is 109 Å². The summed E-state index contributed by atoms with van der Waals surface area (Å²) in [6, 6.07) is 9.45. The van der Waals surface area contributed by atoms with Crippen molar-refractivity contribution in [2.24, 2.45) is 5.73 Å². The fourth-order valence-electron chi connectivity index (χ4n) is 3.21. The number of carbonyl (C=O) groups is 2. The lowest BCUT2D eigenvalue weighted by molar-refractivity contribution is -0.136. The highest BCUT2D eigenvalue weighted by Crippen LogP contribution is 2.26. The van der Waals surface area contributed by atoms with Crippen molar-refractivity contribution in [3.63, 3.8) is 0 Å². The Morgan fingerprint density at radius 1 is 1.19 bits per heavy atom. The van der Waals surface area contributed by atoms with Gasteiger partial charge in [-0.1, -0.05) is 13.3 Å². The van der Waals surface area contributed by atoms with Crippen LogP contribution < -0.4 is 5.73 Å². The van der Waals surface area contributed by atoms with Crippen molar-refractivity contribution >= 4 is 33.7 Å². The molecule has 0 saturated heterocycles. The van der Waals surface area contributed by atoms with E-state index in [0.29, 0.717) is 5.56 Å². The van der Waals surface area contributed by atoms with Gasteiger partial charge < -0.3 is 15.8 Å². The van der Waals surface area contributed by atoms with Gasteiger partial charge in [-0.3, -0.25) is 9.59 Å². The Kier molecular flexibility index (Phi) is 5.32. The summed E-state index contributed by atoms with van der Waals surface area (Å²) in [6.07, 6.45) is 2.59. The van der Waals surface area contributed by atoms with Crippen LogP contribution in [-0.2, 0) is 11.2 Å². The molecule has 1 aromatic carbocycles. The van der Waals surface area contributed by atoms with Crippen LogP contribution in [0.1, 0.15) is 48.7 Å². The van der Waals surface area contributed by atoms with E-state index in [9.17, 15) is 9.59 Å². The number of aromatic amines is 1. The maximum absolute atomic E-state index is 12.2. The molecule has 0 fully saturated rings. The first kappa shape index (κ1) is 18.1. The molecule has 1 atom stereocenters. The minimum Gasteiger partial charge on any atom is -0.481 e. The van der Waals surface area contributed by atoms with Crippen molar-refractivity contribution in [2.75, 3.05) is 0 Å². The largest absolute Gasteiger partial charge is 0.481 e. The second-order valence-corrected chi connectivity index (χ2v) is 6.65. The number of Topliss-reactive ketones (excluding diaryl/α,β-unsaturated/α-hetero) is 1. The number of hydrogen-bond donors (Lipinski definition) is 3. The zero-order valence-electron chi connectivity index (χ0n) is 14.8. The number of carbonyl (C=O) groups excluding carboxylic acids is 1. The molecule has 2 heterocycles. The fourth-order valence-corrected chi connectivity index (χ4v) is 3.21. The van der Waals surface area contributed by atoms with Gasteiger partial charge >= 0.3 is 5.97 Å². The van der Waals surface area contributed by atoms with Crippen molar-refractivity contribution in [3.05, 3.63) is 41.6 Å². The van der Waals surface area contributed by atoms with E-state index in [4.69, 9.17) is 10.8 Å². The summed E-state index contributed by atoms with van der Waals surface area (Å²) in [7, 11) is 0. The van der Waals surface area contributed by atoms with Gasteiger partial charge in [-0.15, -0.1) is 0 Å². The molecule has 6 nitrogen and oxygen atoms in total. The van der Waals surface area contributed by atoms with Crippen LogP contribution >= 0.6 is 0 Å². The maximum Gasteiger partial charge on any atom is 0.303 e. The van der Waals surface area contributed by atoms with E-state index >= 15 is 0 Å². The Morgan fingerprint density at radius 3 is 2.73 bits per heavy atom. The third-order valence-electron chi connectivity index (χ3n) is 4.53. The van der Waals surface area contributed by atoms with Gasteiger partial charge in [-0.2, -0.15) is 0 Å². The molecule has 4 N–H and O–H groups in total. The normalized spacial score (nSPS) is 12.5. The van der Waals surface area contributed by atoms with Crippen molar-refractivity contribution in [3.8, 4) is 0 Å². The number of nitrogens with zero attached hydrogens (tertiary/aromatic N) is 1. The van der Waals surface area contributed by atoms with Crippen LogP contribution in [0.5, 0.6) is 0 Å². The van der Waals surface area contributed by atoms with E-state index < -0.39 is 5.97 Å². The number of carboxylic acids is 1. The Morgan fingerprint density at radius 2 is 2.00 bits per heavy atom. The predicted octanol–water partition coefficient (Wildman–Crippen LogP) is 3.43. The molecule has 3 rings (SSSR count). The number of nitrogens with one attached hydrogen (secondary N) is 1. The molecule has 3 aromatic rings. The first-order valence-corrected chi connectivity index (χ1v) is 8.90. The van der Waals surface area contributed by atoms with Crippen molar-refractivity contribution in [1.82, 2.24) is 9.97 Å². The molecule has 0 radical (unpaired) electrons. The van der Waals surface area contributed by atoms with E-state index in [1.165, 1.54) is 0 Å². The van der Waals surface area contributed by atoms with Gasteiger partial charge in [0.1, 0.15) is 5.65 Å². The molecule has 0 spiro atoms. The van der Waals surface area contributed by atoms with E-state index in [1.54, 1.807) is 6.07 Å². The van der Waals surface area contributed by atoms with Gasteiger partial charge in [-0.05, 0) is 36.8 Å². The lowest BCUT2D eigenvalue weighted by Gasteiger charge is -2.09. The highest BCUT2D eigenvalue weighted by Gasteiger charge is 2.13. The SMILES string of the molecule is CCCC(N)Cc1ccc2c(n1)[nH]c1ccc(C(=O)CCC(=O)O)cc12. The number of aromatic nitrogens is 2. The summed E-state index contributed by atoms with van der Waals surface area (Å²) in [5.41, 5.74) is 9.25. The quantitative estimate of drug-likeness (QED) is 0.538. The van der Waals surface area contributed by atoms with Gasteiger partial charge in [-0.25, -0.2) is 4.98 Å². The number of aliphatic carboxylic acids is 1. The second kappa shape index (κ2) is 7.66. The smallest absolute Gasteiger partial charge is 0.303 e. The summed E-state index contributed by atoms with van der Waals surface area (Å²) in [4.78, 5) is 30.8. The van der Waals surface area contributed by atoms with Crippen LogP contribution in [0.2, 0.25) is 0 Å². The van der Waals surface area contributed by atoms with Gasteiger partial charge in [0.25, 0.3) is 0 Å². The van der Waals surface area contributed by atoms with Crippen LogP contribution in [0.3, 0.4) is 0 Å². The summed E-state index contributed by atoms with van der Waals surface area (Å²) >= 11 is 0. The number of carboxylic acid groups (broad SMARTS) is 1. The number of ketones is 1. The number of nitrogens with two attached hydrogens (primary N) is 1. The average Bonchev–Trinajstić information content (AvgIpc) is 2.96. The van der Waals surface area contributed by atoms with E-state index in [0.717, 1.165) is 46.9 Å². The fraction of sp³-hybridized carbons (Fsp3) is 0.350. The third kappa shape index (κ3) is 3.91. The molecule has 0 amide bonds. The van der Waals surface area contributed by atoms with Gasteiger partial charge in [0.15, 0.2) is 5.78 Å². The van der Waals surface area contributed by atoms with Crippen molar-refractivity contribution < 1.29 is 14.7 Å². The number of H-pyrrole nitrogens is 1. The minimum absolute atomic E-state index is 0.000903. The summed E-state index contributed by atoms with van der Waals surface area (Å²) in [6.45, 7) is 2.11. The summed E-state index contributed by atoms with van der Waals surface area (Å²) in [5.74, 6) is -1.14. The molecule has 136 valence electrons. The summed E-state index contributed by atoms with van der Waals surface area (Å²) in [5, 5.41) is 10.6. The first-order valence-electron chi connectivity index (χ1n) is 8.90. The molecule has 2 aromatic heterocycles. The molecule has 0 aliphatic heterocycles. The molecular weight excluding hydrogens is 330 g/mol. The number of benzene rings is 1. The van der Waals surface area contributed by atoms with Crippen LogP contribution in [0.25, 0.3) is 21.9 Å². The van der Waals surface area contributed by atoms with Gasteiger partial charge in [0.2, 0.25) is 0 Å². The first-order chi connectivity index (χ1) is 12.5. The lowest BCUT2D eigenvalue weighted by Crippen LogP contribution is -2.22. The van der Waals surface area contributed by atoms with Crippen molar-refractivity contribution in [2.45, 2.75) is 45.1 Å². The zero-order chi connectivity index (χ0) is 18.7. The van der Waals surface area contributed by atoms with Crippen LogP contribution in [0, 0.1) is 0 Å². The van der Waals surface area contributed by atoms with Crippen molar-refractivity contribution in [1.29, 1.82) is 0 Å². The Bertz CT molecular complexity index is 961. The molecule has 6 heteroatoms. The van der Waals surface area contributed by atoms with E-state index in [2.05, 4.69) is 16.9 Å². The van der Waals surface area contributed by atoms with Gasteiger partial charge in [0, 0.05) is 46.4 Å². The number of pyridine rings is 1. The predicted molar refractivity (Wildman–Crippen MR) is 101 cm³/mol. The third-order valence-corrected chi connectivity index (χ3v) is 4.53. The minimum atomic E-state index is -0.968. The van der Waals surface area contributed by atoms with Crippen LogP contribution in [-0.4, -0.2) is 32.9 Å². The Hall–Kier alpha value is -2.73. The number of hydrogen-bond acceptors (Lipinski definition) is 4. The zero-order valence-corrected chi connectivity index (χ0v) is 14.8. The highest BCUT2D eigenvalue weighted by molar-refractivity contribution is 6.09. The lowest BCUT2D eigenvalue weighted by atomic mass is 10.0. The molecule has 26 heavy (non-hydrogen) atoms. The monoisotopic (exact) mass is 353 g/mol. The van der Waals surface area contributed by atoms with Crippen LogP contribution in [0.4, 0.5) is 0 Å². The molecule has 0 aliphatic rings. The number of rotatable bonds is 8. The van der Waals surface area contributed by atoms with Gasteiger partial charge in [0.05, 0.1) is 6.42 Å². The molecule has 0 aliphatic carbocycles. The highest BCUT2D eigenvalue weighted by atomic mass is 16.4. The summed E-state index contributed by atoms with van der Waals surface area (Å²) < 4.78 is 0. The molecule has 0 bridgehead atoms. The standard InChI is InChI=1S/C20H23N3O3/c1-2-3-13(21)11-14-5-6-15-16-10-12(18(24)8-9-19(25)26)4-7-17(16)23-20(15)22-14/h4-7,10,13H,2-3,8-9,11,21H2,1H3,(H,22,23)(H,25,26). The van der Waals surface area contributed by atoms with E-state index in [1.807, 2.05) is 24.3 Å². The molecule has 0 saturated carbocycles. The van der Waals surface area contributed by atoms with E-state index in [-0.39, 0.29) is 24.7 Å².